The number of hydrogen-bond donors (Lipinski definition) is 0. The highest BCUT2D eigenvalue weighted by molar-refractivity contribution is 5.78. The van der Waals surface area contributed by atoms with E-state index in [0.717, 1.165) is 11.1 Å². The SMILES string of the molecule is Cc1ccncc1C(C(=O)OC(C)(C)C)N(C)C. The molecule has 0 aliphatic rings. The second-order valence-corrected chi connectivity index (χ2v) is 5.63. The van der Waals surface area contributed by atoms with E-state index in [1.807, 2.05) is 52.8 Å². The lowest BCUT2D eigenvalue weighted by molar-refractivity contribution is -0.160. The number of pyridine rings is 1. The highest BCUT2D eigenvalue weighted by atomic mass is 16.6. The van der Waals surface area contributed by atoms with Crippen LogP contribution in [-0.4, -0.2) is 35.5 Å². The second kappa shape index (κ2) is 5.48. The quantitative estimate of drug-likeness (QED) is 0.772. The summed E-state index contributed by atoms with van der Waals surface area (Å²) in [4.78, 5) is 18.2. The molecule has 0 aromatic carbocycles. The molecule has 0 saturated carbocycles. The van der Waals surface area contributed by atoms with Crippen molar-refractivity contribution in [3.8, 4) is 0 Å². The number of nitrogens with zero attached hydrogens (tertiary/aromatic N) is 2. The van der Waals surface area contributed by atoms with Gasteiger partial charge in [0, 0.05) is 18.0 Å². The van der Waals surface area contributed by atoms with Crippen molar-refractivity contribution in [3.63, 3.8) is 0 Å². The maximum Gasteiger partial charge on any atom is 0.328 e. The van der Waals surface area contributed by atoms with Crippen LogP contribution in [0.15, 0.2) is 18.5 Å². The summed E-state index contributed by atoms with van der Waals surface area (Å²) in [7, 11) is 3.72. The average Bonchev–Trinajstić information content (AvgIpc) is 2.17. The monoisotopic (exact) mass is 250 g/mol. The van der Waals surface area contributed by atoms with Crippen molar-refractivity contribution in [1.29, 1.82) is 0 Å². The number of carbonyl (C=O) groups excluding carboxylic acids is 1. The van der Waals surface area contributed by atoms with E-state index in [0.29, 0.717) is 0 Å². The van der Waals surface area contributed by atoms with Crippen LogP contribution >= 0.6 is 0 Å². The normalized spacial score (nSPS) is 13.5. The summed E-state index contributed by atoms with van der Waals surface area (Å²) < 4.78 is 5.46. The van der Waals surface area contributed by atoms with Gasteiger partial charge < -0.3 is 4.74 Å². The van der Waals surface area contributed by atoms with Crippen molar-refractivity contribution in [1.82, 2.24) is 9.88 Å². The molecule has 100 valence electrons. The minimum absolute atomic E-state index is 0.247. The van der Waals surface area contributed by atoms with Crippen molar-refractivity contribution in [2.24, 2.45) is 0 Å². The summed E-state index contributed by atoms with van der Waals surface area (Å²) in [5.41, 5.74) is 1.44. The lowest BCUT2D eigenvalue weighted by Crippen LogP contribution is -2.34. The van der Waals surface area contributed by atoms with Gasteiger partial charge in [-0.3, -0.25) is 9.88 Å². The molecule has 1 aromatic heterocycles. The first-order chi connectivity index (χ1) is 8.22. The summed E-state index contributed by atoms with van der Waals surface area (Å²) in [5.74, 6) is -0.247. The molecule has 0 bridgehead atoms. The Hall–Kier alpha value is -1.42. The van der Waals surface area contributed by atoms with Crippen LogP contribution < -0.4 is 0 Å². The molecule has 0 spiro atoms. The van der Waals surface area contributed by atoms with Crippen LogP contribution in [0.25, 0.3) is 0 Å². The molecule has 1 atom stereocenters. The molecule has 0 N–H and O–H groups in total. The smallest absolute Gasteiger partial charge is 0.328 e. The fourth-order valence-corrected chi connectivity index (χ4v) is 1.74. The van der Waals surface area contributed by atoms with Crippen molar-refractivity contribution < 1.29 is 9.53 Å². The van der Waals surface area contributed by atoms with Gasteiger partial charge in [0.05, 0.1) is 0 Å². The summed E-state index contributed by atoms with van der Waals surface area (Å²) in [6.07, 6.45) is 3.45. The molecule has 1 heterocycles. The van der Waals surface area contributed by atoms with Gasteiger partial charge in [-0.2, -0.15) is 0 Å². The lowest BCUT2D eigenvalue weighted by Gasteiger charge is -2.28. The van der Waals surface area contributed by atoms with E-state index in [9.17, 15) is 4.79 Å². The first-order valence-electron chi connectivity index (χ1n) is 6.02. The van der Waals surface area contributed by atoms with E-state index in [4.69, 9.17) is 4.74 Å². The second-order valence-electron chi connectivity index (χ2n) is 5.63. The third-order valence-corrected chi connectivity index (χ3v) is 2.52. The molecule has 1 aromatic rings. The molecule has 0 amide bonds. The van der Waals surface area contributed by atoms with Crippen LogP contribution in [0.1, 0.15) is 37.9 Å². The third kappa shape index (κ3) is 3.81. The molecular formula is C14H22N2O2. The lowest BCUT2D eigenvalue weighted by atomic mass is 10.0. The minimum Gasteiger partial charge on any atom is -0.459 e. The molecule has 4 heteroatoms. The molecule has 4 nitrogen and oxygen atoms in total. The van der Waals surface area contributed by atoms with E-state index in [1.165, 1.54) is 0 Å². The van der Waals surface area contributed by atoms with Crippen LogP contribution in [-0.2, 0) is 9.53 Å². The number of aryl methyl sites for hydroxylation is 1. The summed E-state index contributed by atoms with van der Waals surface area (Å²) >= 11 is 0. The number of likely N-dealkylation sites (N-methyl/N-ethyl adjacent to an activating group) is 1. The maximum atomic E-state index is 12.3. The van der Waals surface area contributed by atoms with E-state index in [-0.39, 0.29) is 5.97 Å². The molecule has 18 heavy (non-hydrogen) atoms. The van der Waals surface area contributed by atoms with Gasteiger partial charge in [0.1, 0.15) is 11.6 Å². The molecule has 1 rings (SSSR count). The Morgan fingerprint density at radius 1 is 1.39 bits per heavy atom. The Bertz CT molecular complexity index is 422. The highest BCUT2D eigenvalue weighted by Crippen LogP contribution is 2.24. The molecule has 0 aliphatic heterocycles. The fourth-order valence-electron chi connectivity index (χ4n) is 1.74. The van der Waals surface area contributed by atoms with Crippen molar-refractivity contribution in [3.05, 3.63) is 29.6 Å². The van der Waals surface area contributed by atoms with Crippen LogP contribution in [0.3, 0.4) is 0 Å². The van der Waals surface area contributed by atoms with Gasteiger partial charge in [0.2, 0.25) is 0 Å². The van der Waals surface area contributed by atoms with Gasteiger partial charge in [0.15, 0.2) is 0 Å². The molecule has 0 aliphatic carbocycles. The summed E-state index contributed by atoms with van der Waals surface area (Å²) in [6, 6.07) is 1.48. The standard InChI is InChI=1S/C14H22N2O2/c1-10-7-8-15-9-11(10)12(16(5)6)13(17)18-14(2,3)4/h7-9,12H,1-6H3. The molecule has 0 radical (unpaired) electrons. The number of esters is 1. The van der Waals surface area contributed by atoms with Crippen molar-refractivity contribution in [2.75, 3.05) is 14.1 Å². The van der Waals surface area contributed by atoms with Crippen LogP contribution in [0.2, 0.25) is 0 Å². The predicted octanol–water partition coefficient (Wildman–Crippen LogP) is 2.33. The Balaban J connectivity index is 3.05. The number of rotatable bonds is 3. The van der Waals surface area contributed by atoms with Gasteiger partial charge in [-0.15, -0.1) is 0 Å². The zero-order chi connectivity index (χ0) is 13.9. The largest absolute Gasteiger partial charge is 0.459 e. The number of hydrogen-bond acceptors (Lipinski definition) is 4. The molecular weight excluding hydrogens is 228 g/mol. The highest BCUT2D eigenvalue weighted by Gasteiger charge is 2.29. The van der Waals surface area contributed by atoms with Crippen molar-refractivity contribution >= 4 is 5.97 Å². The zero-order valence-corrected chi connectivity index (χ0v) is 12.0. The first kappa shape index (κ1) is 14.6. The van der Waals surface area contributed by atoms with Gasteiger partial charge in [-0.1, -0.05) is 0 Å². The van der Waals surface area contributed by atoms with Gasteiger partial charge in [-0.05, 0) is 53.4 Å². The Kier molecular flexibility index (Phi) is 4.46. The number of aromatic nitrogens is 1. The minimum atomic E-state index is -0.485. The topological polar surface area (TPSA) is 42.4 Å². The third-order valence-electron chi connectivity index (χ3n) is 2.52. The Morgan fingerprint density at radius 2 is 2.00 bits per heavy atom. The summed E-state index contributed by atoms with van der Waals surface area (Å²) in [5, 5.41) is 0. The van der Waals surface area contributed by atoms with Crippen molar-refractivity contribution in [2.45, 2.75) is 39.3 Å². The van der Waals surface area contributed by atoms with E-state index in [1.54, 1.807) is 12.4 Å². The predicted molar refractivity (Wildman–Crippen MR) is 71.2 cm³/mol. The van der Waals surface area contributed by atoms with E-state index >= 15 is 0 Å². The average molecular weight is 250 g/mol. The Labute approximate surface area is 109 Å². The van der Waals surface area contributed by atoms with Crippen LogP contribution in [0.5, 0.6) is 0 Å². The molecule has 0 saturated heterocycles. The van der Waals surface area contributed by atoms with Gasteiger partial charge in [-0.25, -0.2) is 4.79 Å². The van der Waals surface area contributed by atoms with Gasteiger partial charge in [0.25, 0.3) is 0 Å². The molecule has 1 unspecified atom stereocenters. The maximum absolute atomic E-state index is 12.3. The van der Waals surface area contributed by atoms with Crippen LogP contribution in [0, 0.1) is 6.92 Å². The van der Waals surface area contributed by atoms with E-state index < -0.39 is 11.6 Å². The van der Waals surface area contributed by atoms with E-state index in [2.05, 4.69) is 4.98 Å². The summed E-state index contributed by atoms with van der Waals surface area (Å²) in [6.45, 7) is 7.58. The number of carbonyl (C=O) groups is 1. The first-order valence-corrected chi connectivity index (χ1v) is 6.02. The van der Waals surface area contributed by atoms with Crippen LogP contribution in [0.4, 0.5) is 0 Å². The zero-order valence-electron chi connectivity index (χ0n) is 12.0. The number of ether oxygens (including phenoxy) is 1. The fraction of sp³-hybridized carbons (Fsp3) is 0.571. The van der Waals surface area contributed by atoms with Gasteiger partial charge >= 0.3 is 5.97 Å². The molecule has 0 fully saturated rings. The Morgan fingerprint density at radius 3 is 2.44 bits per heavy atom.